The van der Waals surface area contributed by atoms with Gasteiger partial charge in [-0.2, -0.15) is 0 Å². The van der Waals surface area contributed by atoms with E-state index in [1.54, 1.807) is 0 Å². The molecule has 0 saturated heterocycles. The maximum Gasteiger partial charge on any atom is 0.0519 e. The fourth-order valence-corrected chi connectivity index (χ4v) is 3.18. The monoisotopic (exact) mass is 309 g/mol. The van der Waals surface area contributed by atoms with Gasteiger partial charge in [0.15, 0.2) is 0 Å². The molecule has 3 heteroatoms. The van der Waals surface area contributed by atoms with Crippen molar-refractivity contribution in [3.8, 4) is 0 Å². The van der Waals surface area contributed by atoms with Crippen molar-refractivity contribution in [3.63, 3.8) is 0 Å². The van der Waals surface area contributed by atoms with E-state index in [1.807, 2.05) is 11.3 Å². The second-order valence-corrected chi connectivity index (χ2v) is 5.77. The van der Waals surface area contributed by atoms with E-state index in [0.29, 0.717) is 0 Å². The van der Waals surface area contributed by atoms with Crippen LogP contribution in [-0.2, 0) is 11.9 Å². The summed E-state index contributed by atoms with van der Waals surface area (Å²) in [4.78, 5) is 3.69. The molecule has 0 aliphatic carbocycles. The molecule has 0 N–H and O–H groups in total. The van der Waals surface area contributed by atoms with E-state index in [9.17, 15) is 0 Å². The number of aryl methyl sites for hydroxylation is 1. The van der Waals surface area contributed by atoms with Crippen LogP contribution in [0.15, 0.2) is 35.7 Å². The predicted molar refractivity (Wildman–Crippen MR) is 80.2 cm³/mol. The molecule has 2 rings (SSSR count). The number of alkyl halides is 1. The lowest BCUT2D eigenvalue weighted by Gasteiger charge is -2.19. The Hall–Kier alpha value is -0.800. The number of thiophene rings is 1. The zero-order chi connectivity index (χ0) is 12.3. The van der Waals surface area contributed by atoms with Gasteiger partial charge in [-0.05, 0) is 41.6 Å². The third-order valence-corrected chi connectivity index (χ3v) is 4.35. The minimum atomic E-state index is 0.924. The SMILES string of the molecule is Cc1cc(N(C)Cc2cccs2)ccc1CBr. The zero-order valence-electron chi connectivity index (χ0n) is 10.1. The number of hydrogen-bond donors (Lipinski definition) is 0. The first-order valence-corrected chi connectivity index (χ1v) is 7.60. The molecule has 90 valence electrons. The van der Waals surface area contributed by atoms with Gasteiger partial charge in [-0.3, -0.25) is 0 Å². The van der Waals surface area contributed by atoms with Crippen LogP contribution in [0.25, 0.3) is 0 Å². The molecule has 1 nitrogen and oxygen atoms in total. The van der Waals surface area contributed by atoms with Crippen molar-refractivity contribution in [2.75, 3.05) is 11.9 Å². The van der Waals surface area contributed by atoms with E-state index in [1.165, 1.54) is 21.7 Å². The van der Waals surface area contributed by atoms with Gasteiger partial charge in [-0.1, -0.05) is 28.1 Å². The van der Waals surface area contributed by atoms with Crippen LogP contribution in [-0.4, -0.2) is 7.05 Å². The zero-order valence-corrected chi connectivity index (χ0v) is 12.5. The van der Waals surface area contributed by atoms with E-state index >= 15 is 0 Å². The number of anilines is 1. The van der Waals surface area contributed by atoms with Crippen molar-refractivity contribution in [2.24, 2.45) is 0 Å². The Morgan fingerprint density at radius 1 is 1.29 bits per heavy atom. The Morgan fingerprint density at radius 2 is 2.12 bits per heavy atom. The highest BCUT2D eigenvalue weighted by Gasteiger charge is 2.05. The predicted octanol–water partition coefficient (Wildman–Crippen LogP) is 4.59. The van der Waals surface area contributed by atoms with Gasteiger partial charge >= 0.3 is 0 Å². The Labute approximate surface area is 115 Å². The van der Waals surface area contributed by atoms with Crippen molar-refractivity contribution in [1.82, 2.24) is 0 Å². The van der Waals surface area contributed by atoms with Crippen molar-refractivity contribution in [2.45, 2.75) is 18.8 Å². The molecule has 0 spiro atoms. The molecule has 0 atom stereocenters. The second-order valence-electron chi connectivity index (χ2n) is 4.18. The molecule has 1 aromatic heterocycles. The first kappa shape index (κ1) is 12.7. The molecule has 0 amide bonds. The maximum absolute atomic E-state index is 3.51. The first-order valence-electron chi connectivity index (χ1n) is 5.59. The summed E-state index contributed by atoms with van der Waals surface area (Å²) < 4.78 is 0. The molecule has 0 aliphatic heterocycles. The fraction of sp³-hybridized carbons (Fsp3) is 0.286. The minimum absolute atomic E-state index is 0.924. The average molecular weight is 310 g/mol. The molecule has 0 unspecified atom stereocenters. The molecule has 0 aliphatic rings. The van der Waals surface area contributed by atoms with Crippen LogP contribution < -0.4 is 4.90 Å². The summed E-state index contributed by atoms with van der Waals surface area (Å²) in [6.45, 7) is 3.14. The first-order chi connectivity index (χ1) is 8.20. The van der Waals surface area contributed by atoms with Crippen LogP contribution in [0, 0.1) is 6.92 Å². The molecule has 2 aromatic rings. The molecule has 1 aromatic carbocycles. The minimum Gasteiger partial charge on any atom is -0.369 e. The summed E-state index contributed by atoms with van der Waals surface area (Å²) in [6, 6.07) is 10.9. The fourth-order valence-electron chi connectivity index (χ4n) is 1.80. The molecule has 0 fully saturated rings. The van der Waals surface area contributed by atoms with Gasteiger partial charge in [0, 0.05) is 22.9 Å². The van der Waals surface area contributed by atoms with Gasteiger partial charge < -0.3 is 4.90 Å². The standard InChI is InChI=1S/C14H16BrNS/c1-11-8-13(6-5-12(11)9-15)16(2)10-14-4-3-7-17-14/h3-8H,9-10H2,1-2H3. The lowest BCUT2D eigenvalue weighted by Crippen LogP contribution is -2.15. The average Bonchev–Trinajstić information content (AvgIpc) is 2.81. The lowest BCUT2D eigenvalue weighted by atomic mass is 10.1. The summed E-state index contributed by atoms with van der Waals surface area (Å²) in [5, 5.41) is 3.05. The molecular formula is C14H16BrNS. The van der Waals surface area contributed by atoms with Gasteiger partial charge in [-0.15, -0.1) is 11.3 Å². The van der Waals surface area contributed by atoms with Gasteiger partial charge in [0.25, 0.3) is 0 Å². The third kappa shape index (κ3) is 3.11. The smallest absolute Gasteiger partial charge is 0.0519 e. The topological polar surface area (TPSA) is 3.24 Å². The van der Waals surface area contributed by atoms with Crippen molar-refractivity contribution in [1.29, 1.82) is 0 Å². The highest BCUT2D eigenvalue weighted by Crippen LogP contribution is 2.22. The van der Waals surface area contributed by atoms with Gasteiger partial charge in [0.1, 0.15) is 0 Å². The summed E-state index contributed by atoms with van der Waals surface area (Å²) in [5.41, 5.74) is 3.98. The lowest BCUT2D eigenvalue weighted by molar-refractivity contribution is 0.938. The van der Waals surface area contributed by atoms with Crippen molar-refractivity contribution >= 4 is 33.0 Å². The third-order valence-electron chi connectivity index (χ3n) is 2.88. The molecule has 0 saturated carbocycles. The van der Waals surface area contributed by atoms with Crippen LogP contribution in [0.1, 0.15) is 16.0 Å². The molecule has 0 radical (unpaired) electrons. The molecular weight excluding hydrogens is 294 g/mol. The van der Waals surface area contributed by atoms with Crippen LogP contribution in [0.3, 0.4) is 0 Å². The van der Waals surface area contributed by atoms with E-state index in [2.05, 4.69) is 70.5 Å². The quantitative estimate of drug-likeness (QED) is 0.747. The number of benzene rings is 1. The number of nitrogens with zero attached hydrogens (tertiary/aromatic N) is 1. The summed E-state index contributed by atoms with van der Waals surface area (Å²) in [5.74, 6) is 0. The van der Waals surface area contributed by atoms with Crippen molar-refractivity contribution < 1.29 is 0 Å². The summed E-state index contributed by atoms with van der Waals surface area (Å²) >= 11 is 5.32. The Kier molecular flexibility index (Phi) is 4.24. The van der Waals surface area contributed by atoms with Crippen LogP contribution in [0.4, 0.5) is 5.69 Å². The van der Waals surface area contributed by atoms with E-state index in [4.69, 9.17) is 0 Å². The van der Waals surface area contributed by atoms with E-state index in [-0.39, 0.29) is 0 Å². The van der Waals surface area contributed by atoms with Crippen molar-refractivity contribution in [3.05, 3.63) is 51.7 Å². The Bertz CT molecular complexity index is 479. The second kappa shape index (κ2) is 5.69. The van der Waals surface area contributed by atoms with Gasteiger partial charge in [0.05, 0.1) is 6.54 Å². The maximum atomic E-state index is 3.51. The Balaban J connectivity index is 2.14. The summed E-state index contributed by atoms with van der Waals surface area (Å²) in [6.07, 6.45) is 0. The highest BCUT2D eigenvalue weighted by molar-refractivity contribution is 9.08. The highest BCUT2D eigenvalue weighted by atomic mass is 79.9. The van der Waals surface area contributed by atoms with Gasteiger partial charge in [0.2, 0.25) is 0 Å². The largest absolute Gasteiger partial charge is 0.369 e. The van der Waals surface area contributed by atoms with Crippen LogP contribution in [0.2, 0.25) is 0 Å². The number of halogens is 1. The van der Waals surface area contributed by atoms with E-state index in [0.717, 1.165) is 11.9 Å². The number of rotatable bonds is 4. The van der Waals surface area contributed by atoms with Gasteiger partial charge in [-0.25, -0.2) is 0 Å². The molecule has 1 heterocycles. The number of hydrogen-bond acceptors (Lipinski definition) is 2. The Morgan fingerprint density at radius 3 is 2.71 bits per heavy atom. The van der Waals surface area contributed by atoms with Crippen LogP contribution in [0.5, 0.6) is 0 Å². The summed E-state index contributed by atoms with van der Waals surface area (Å²) in [7, 11) is 2.14. The normalized spacial score (nSPS) is 10.5. The van der Waals surface area contributed by atoms with Crippen LogP contribution >= 0.6 is 27.3 Å². The van der Waals surface area contributed by atoms with E-state index < -0.39 is 0 Å². The molecule has 17 heavy (non-hydrogen) atoms. The molecule has 0 bridgehead atoms.